The van der Waals surface area contributed by atoms with Gasteiger partial charge in [0.05, 0.1) is 6.61 Å². The summed E-state index contributed by atoms with van der Waals surface area (Å²) in [5, 5.41) is 7.22. The number of anilines is 1. The molecule has 1 aromatic rings. The van der Waals surface area contributed by atoms with E-state index in [0.29, 0.717) is 19.5 Å². The number of nitrogens with two attached hydrogens (primary N) is 1. The van der Waals surface area contributed by atoms with E-state index in [4.69, 9.17) is 14.9 Å². The molecule has 0 saturated carbocycles. The second-order valence-electron chi connectivity index (χ2n) is 3.92. The van der Waals surface area contributed by atoms with Gasteiger partial charge >= 0.3 is 17.9 Å². The average molecular weight is 254 g/mol. The highest BCUT2D eigenvalue weighted by atomic mass is 16.5. The Morgan fingerprint density at radius 2 is 2.39 bits per heavy atom. The smallest absolute Gasteiger partial charge is 0.396 e. The van der Waals surface area contributed by atoms with Crippen molar-refractivity contribution in [1.29, 1.82) is 0 Å². The Labute approximate surface area is 103 Å². The Kier molecular flexibility index (Phi) is 3.56. The molecular weight excluding hydrogens is 240 g/mol. The van der Waals surface area contributed by atoms with Gasteiger partial charge in [-0.05, 0) is 19.4 Å². The highest BCUT2D eigenvalue weighted by Crippen LogP contribution is 2.23. The van der Waals surface area contributed by atoms with Crippen LogP contribution in [-0.2, 0) is 9.53 Å². The van der Waals surface area contributed by atoms with Crippen LogP contribution in [0.2, 0.25) is 0 Å². The molecule has 1 unspecified atom stereocenters. The second-order valence-corrected chi connectivity index (χ2v) is 3.92. The number of ether oxygens (including phenoxy) is 1. The molecule has 1 amide bonds. The fourth-order valence-electron chi connectivity index (χ4n) is 1.72. The van der Waals surface area contributed by atoms with Gasteiger partial charge in [-0.15, -0.1) is 0 Å². The van der Waals surface area contributed by atoms with Crippen molar-refractivity contribution in [1.82, 2.24) is 10.2 Å². The van der Waals surface area contributed by atoms with Crippen molar-refractivity contribution >= 4 is 17.9 Å². The molecule has 0 radical (unpaired) electrons. The lowest BCUT2D eigenvalue weighted by atomic mass is 10.1. The summed E-state index contributed by atoms with van der Waals surface area (Å²) < 4.78 is 9.83. The summed E-state index contributed by atoms with van der Waals surface area (Å²) in [6.07, 6.45) is 0.355. The number of aromatic nitrogens is 2. The van der Waals surface area contributed by atoms with E-state index in [-0.39, 0.29) is 30.3 Å². The van der Waals surface area contributed by atoms with Crippen molar-refractivity contribution in [3.63, 3.8) is 0 Å². The first-order valence-corrected chi connectivity index (χ1v) is 5.66. The molecule has 2 heterocycles. The summed E-state index contributed by atoms with van der Waals surface area (Å²) in [7, 11) is 0. The van der Waals surface area contributed by atoms with Gasteiger partial charge < -0.3 is 14.9 Å². The number of carbonyl (C=O) groups excluding carboxylic acids is 2. The zero-order valence-corrected chi connectivity index (χ0v) is 9.96. The van der Waals surface area contributed by atoms with Crippen LogP contribution in [-0.4, -0.2) is 41.8 Å². The van der Waals surface area contributed by atoms with E-state index >= 15 is 0 Å². The minimum absolute atomic E-state index is 0.0130. The van der Waals surface area contributed by atoms with Gasteiger partial charge in [-0.1, -0.05) is 10.2 Å². The summed E-state index contributed by atoms with van der Waals surface area (Å²) in [6, 6.07) is 0.0130. The van der Waals surface area contributed by atoms with Crippen molar-refractivity contribution in [3.05, 3.63) is 5.89 Å². The van der Waals surface area contributed by atoms with E-state index in [1.54, 1.807) is 6.92 Å². The Bertz CT molecular complexity index is 458. The molecule has 8 nitrogen and oxygen atoms in total. The molecule has 8 heteroatoms. The molecule has 1 atom stereocenters. The second kappa shape index (κ2) is 5.13. The summed E-state index contributed by atoms with van der Waals surface area (Å²) in [5.74, 6) is -1.01. The first kappa shape index (κ1) is 12.5. The van der Waals surface area contributed by atoms with Crippen LogP contribution in [0.1, 0.15) is 24.0 Å². The number of esters is 1. The Balaban J connectivity index is 2.11. The van der Waals surface area contributed by atoms with Crippen LogP contribution in [0.5, 0.6) is 0 Å². The van der Waals surface area contributed by atoms with Gasteiger partial charge in [-0.25, -0.2) is 4.79 Å². The van der Waals surface area contributed by atoms with Gasteiger partial charge in [0, 0.05) is 13.0 Å². The van der Waals surface area contributed by atoms with Gasteiger partial charge in [0.2, 0.25) is 5.91 Å². The van der Waals surface area contributed by atoms with E-state index in [1.165, 1.54) is 4.90 Å². The maximum atomic E-state index is 11.7. The van der Waals surface area contributed by atoms with Gasteiger partial charge in [0.25, 0.3) is 0 Å². The molecule has 1 aliphatic heterocycles. The van der Waals surface area contributed by atoms with Crippen molar-refractivity contribution < 1.29 is 18.7 Å². The highest BCUT2D eigenvalue weighted by Gasteiger charge is 2.33. The number of hydrogen-bond donors (Lipinski definition) is 1. The summed E-state index contributed by atoms with van der Waals surface area (Å²) in [6.45, 7) is 2.74. The molecule has 98 valence electrons. The Hall–Kier alpha value is -1.96. The zero-order chi connectivity index (χ0) is 13.1. The minimum atomic E-state index is -0.696. The molecule has 2 N–H and O–H groups in total. The number of amides is 1. The lowest BCUT2D eigenvalue weighted by Crippen LogP contribution is -2.26. The number of carbonyl (C=O) groups is 2. The van der Waals surface area contributed by atoms with Crippen LogP contribution in [0.4, 0.5) is 6.01 Å². The van der Waals surface area contributed by atoms with Crippen LogP contribution in [0.25, 0.3) is 0 Å². The van der Waals surface area contributed by atoms with Crippen molar-refractivity contribution in [3.8, 4) is 0 Å². The predicted molar refractivity (Wildman–Crippen MR) is 59.8 cm³/mol. The lowest BCUT2D eigenvalue weighted by Gasteiger charge is -2.09. The first-order valence-electron chi connectivity index (χ1n) is 5.66. The van der Waals surface area contributed by atoms with E-state index in [2.05, 4.69) is 10.2 Å². The van der Waals surface area contributed by atoms with Gasteiger partial charge in [-0.3, -0.25) is 9.69 Å². The summed E-state index contributed by atoms with van der Waals surface area (Å²) in [4.78, 5) is 24.3. The molecule has 1 aliphatic rings. The van der Waals surface area contributed by atoms with E-state index in [1.807, 2.05) is 0 Å². The third-order valence-electron chi connectivity index (χ3n) is 2.63. The van der Waals surface area contributed by atoms with Crippen LogP contribution < -0.4 is 10.6 Å². The molecule has 2 rings (SSSR count). The molecule has 0 bridgehead atoms. The lowest BCUT2D eigenvalue weighted by molar-refractivity contribution is -0.117. The van der Waals surface area contributed by atoms with Crippen molar-refractivity contribution in [2.45, 2.75) is 13.3 Å². The van der Waals surface area contributed by atoms with E-state index in [9.17, 15) is 9.59 Å². The molecule has 0 aromatic carbocycles. The fraction of sp³-hybridized carbons (Fsp3) is 0.600. The summed E-state index contributed by atoms with van der Waals surface area (Å²) >= 11 is 0. The third kappa shape index (κ3) is 2.33. The van der Waals surface area contributed by atoms with Crippen LogP contribution in [0, 0.1) is 5.92 Å². The minimum Gasteiger partial charge on any atom is -0.459 e. The topological polar surface area (TPSA) is 112 Å². The normalized spacial score (nSPS) is 19.3. The zero-order valence-electron chi connectivity index (χ0n) is 9.96. The molecule has 1 fully saturated rings. The van der Waals surface area contributed by atoms with Gasteiger partial charge in [0.15, 0.2) is 0 Å². The maximum absolute atomic E-state index is 11.7. The predicted octanol–water partition coefficient (Wildman–Crippen LogP) is -0.442. The largest absolute Gasteiger partial charge is 0.459 e. The van der Waals surface area contributed by atoms with Gasteiger partial charge in [-0.2, -0.15) is 0 Å². The molecular formula is C10H14N4O4. The van der Waals surface area contributed by atoms with E-state index < -0.39 is 5.97 Å². The third-order valence-corrected chi connectivity index (χ3v) is 2.63. The first-order chi connectivity index (χ1) is 8.65. The molecule has 0 aliphatic carbocycles. The highest BCUT2D eigenvalue weighted by molar-refractivity contribution is 5.94. The van der Waals surface area contributed by atoms with Crippen LogP contribution in [0.15, 0.2) is 4.42 Å². The molecule has 1 aromatic heterocycles. The Morgan fingerprint density at radius 1 is 1.61 bits per heavy atom. The maximum Gasteiger partial charge on any atom is 0.396 e. The van der Waals surface area contributed by atoms with Crippen molar-refractivity contribution in [2.75, 3.05) is 24.6 Å². The van der Waals surface area contributed by atoms with Crippen LogP contribution in [0.3, 0.4) is 0 Å². The number of rotatable bonds is 4. The number of hydrogen-bond acceptors (Lipinski definition) is 7. The average Bonchev–Trinajstić information content (AvgIpc) is 2.95. The Morgan fingerprint density at radius 3 is 3.00 bits per heavy atom. The molecule has 0 spiro atoms. The monoisotopic (exact) mass is 254 g/mol. The quantitative estimate of drug-likeness (QED) is 0.724. The van der Waals surface area contributed by atoms with E-state index in [0.717, 1.165) is 0 Å². The standard InChI is InChI=1S/C10H14N4O4/c1-2-17-9(16)8-12-13-10(18-8)14-5-6(4-11)3-7(14)15/h6H,2-5,11H2,1H3. The summed E-state index contributed by atoms with van der Waals surface area (Å²) in [5.41, 5.74) is 5.51. The van der Waals surface area contributed by atoms with Crippen LogP contribution >= 0.6 is 0 Å². The molecule has 18 heavy (non-hydrogen) atoms. The number of nitrogens with zero attached hydrogens (tertiary/aromatic N) is 3. The fourth-order valence-corrected chi connectivity index (χ4v) is 1.72. The van der Waals surface area contributed by atoms with Crippen molar-refractivity contribution in [2.24, 2.45) is 11.7 Å². The SMILES string of the molecule is CCOC(=O)c1nnc(N2CC(CN)CC2=O)o1. The molecule has 1 saturated heterocycles. The van der Waals surface area contributed by atoms with Gasteiger partial charge in [0.1, 0.15) is 0 Å².